The average Bonchev–Trinajstić information content (AvgIpc) is 2.97. The summed E-state index contributed by atoms with van der Waals surface area (Å²) >= 11 is 0. The summed E-state index contributed by atoms with van der Waals surface area (Å²) in [5, 5.41) is 9.88. The first kappa shape index (κ1) is 18.7. The topological polar surface area (TPSA) is 80.7 Å². The van der Waals surface area contributed by atoms with E-state index >= 15 is 0 Å². The molecule has 24 heavy (non-hydrogen) atoms. The summed E-state index contributed by atoms with van der Waals surface area (Å²) in [6.45, 7) is 9.89. The molecule has 136 valence electrons. The number of nitrogens with one attached hydrogen (secondary N) is 2. The third-order valence-electron chi connectivity index (χ3n) is 4.04. The molecule has 2 heterocycles. The lowest BCUT2D eigenvalue weighted by Crippen LogP contribution is -2.52. The first-order chi connectivity index (χ1) is 11.5. The fourth-order valence-electron chi connectivity index (χ4n) is 2.86. The van der Waals surface area contributed by atoms with E-state index in [9.17, 15) is 4.79 Å². The van der Waals surface area contributed by atoms with Gasteiger partial charge in [0.25, 0.3) is 0 Å². The molecule has 8 heteroatoms. The standard InChI is InChI=1S/C16H29N5O3/c1-12(20-9-13(2)24-14(3)10-20)7-17-16(22)19-15-8-18-21(11-15)5-6-23-4/h8,11-14H,5-7,9-10H2,1-4H3,(H2,17,19,22)/t12-,13-,14+/m0/s1. The second-order valence-electron chi connectivity index (χ2n) is 6.38. The summed E-state index contributed by atoms with van der Waals surface area (Å²) in [4.78, 5) is 14.4. The summed E-state index contributed by atoms with van der Waals surface area (Å²) in [5.74, 6) is 0. The maximum Gasteiger partial charge on any atom is 0.319 e. The highest BCUT2D eigenvalue weighted by atomic mass is 16.5. The molecule has 1 fully saturated rings. The molecule has 1 aromatic rings. The van der Waals surface area contributed by atoms with Gasteiger partial charge in [-0.3, -0.25) is 9.58 Å². The number of nitrogens with zero attached hydrogens (tertiary/aromatic N) is 3. The van der Waals surface area contributed by atoms with Gasteiger partial charge in [0.15, 0.2) is 0 Å². The van der Waals surface area contributed by atoms with Crippen molar-refractivity contribution in [2.24, 2.45) is 0 Å². The van der Waals surface area contributed by atoms with Crippen molar-refractivity contribution in [2.75, 3.05) is 38.7 Å². The van der Waals surface area contributed by atoms with Crippen LogP contribution >= 0.6 is 0 Å². The highest BCUT2D eigenvalue weighted by molar-refractivity contribution is 5.88. The average molecular weight is 339 g/mol. The van der Waals surface area contributed by atoms with Gasteiger partial charge in [-0.2, -0.15) is 5.10 Å². The second kappa shape index (κ2) is 9.00. The van der Waals surface area contributed by atoms with Gasteiger partial charge in [-0.25, -0.2) is 4.79 Å². The van der Waals surface area contributed by atoms with Gasteiger partial charge >= 0.3 is 6.03 Å². The van der Waals surface area contributed by atoms with Crippen molar-refractivity contribution < 1.29 is 14.3 Å². The summed E-state index contributed by atoms with van der Waals surface area (Å²) in [6, 6.07) is 0.0384. The highest BCUT2D eigenvalue weighted by Gasteiger charge is 2.25. The van der Waals surface area contributed by atoms with E-state index in [-0.39, 0.29) is 24.3 Å². The number of ether oxygens (including phenoxy) is 2. The highest BCUT2D eigenvalue weighted by Crippen LogP contribution is 2.13. The summed E-state index contributed by atoms with van der Waals surface area (Å²) in [5.41, 5.74) is 0.671. The molecular weight excluding hydrogens is 310 g/mol. The number of hydrogen-bond acceptors (Lipinski definition) is 5. The minimum absolute atomic E-state index is 0.220. The van der Waals surface area contributed by atoms with E-state index in [0.717, 1.165) is 13.1 Å². The molecule has 1 saturated heterocycles. The zero-order valence-electron chi connectivity index (χ0n) is 15.0. The molecule has 0 saturated carbocycles. The Morgan fingerprint density at radius 2 is 2.17 bits per heavy atom. The zero-order chi connectivity index (χ0) is 17.5. The molecule has 2 amide bonds. The normalized spacial score (nSPS) is 23.0. The first-order valence-corrected chi connectivity index (χ1v) is 8.43. The van der Waals surface area contributed by atoms with Crippen molar-refractivity contribution in [1.29, 1.82) is 0 Å². The van der Waals surface area contributed by atoms with Crippen LogP contribution in [0.4, 0.5) is 10.5 Å². The fourth-order valence-corrected chi connectivity index (χ4v) is 2.86. The molecule has 2 rings (SSSR count). The smallest absolute Gasteiger partial charge is 0.319 e. The van der Waals surface area contributed by atoms with Crippen molar-refractivity contribution >= 4 is 11.7 Å². The van der Waals surface area contributed by atoms with Crippen LogP contribution in [0.25, 0.3) is 0 Å². The third-order valence-corrected chi connectivity index (χ3v) is 4.04. The summed E-state index contributed by atoms with van der Waals surface area (Å²) in [7, 11) is 1.65. The molecule has 8 nitrogen and oxygen atoms in total. The molecule has 1 aliphatic heterocycles. The number of urea groups is 1. The van der Waals surface area contributed by atoms with E-state index < -0.39 is 0 Å². The van der Waals surface area contributed by atoms with E-state index in [0.29, 0.717) is 25.4 Å². The van der Waals surface area contributed by atoms with Gasteiger partial charge in [0.05, 0.1) is 37.2 Å². The van der Waals surface area contributed by atoms with Crippen LogP contribution in [0.1, 0.15) is 20.8 Å². The maximum atomic E-state index is 12.0. The van der Waals surface area contributed by atoms with E-state index in [1.165, 1.54) is 0 Å². The van der Waals surface area contributed by atoms with Gasteiger partial charge < -0.3 is 20.1 Å². The number of carbonyl (C=O) groups is 1. The Bertz CT molecular complexity index is 512. The van der Waals surface area contributed by atoms with Crippen molar-refractivity contribution in [1.82, 2.24) is 20.0 Å². The lowest BCUT2D eigenvalue weighted by Gasteiger charge is -2.38. The van der Waals surface area contributed by atoms with Crippen LogP contribution in [0.15, 0.2) is 12.4 Å². The molecule has 0 aromatic carbocycles. The number of morpholine rings is 1. The molecule has 2 N–H and O–H groups in total. The minimum Gasteiger partial charge on any atom is -0.383 e. The van der Waals surface area contributed by atoms with Gasteiger partial charge in [-0.1, -0.05) is 0 Å². The van der Waals surface area contributed by atoms with Crippen LogP contribution in [-0.4, -0.2) is 72.3 Å². The maximum absolute atomic E-state index is 12.0. The lowest BCUT2D eigenvalue weighted by atomic mass is 10.2. The summed E-state index contributed by atoms with van der Waals surface area (Å²) < 4.78 is 12.5. The Hall–Kier alpha value is -1.64. The molecule has 1 aromatic heterocycles. The SMILES string of the molecule is COCCn1cc(NC(=O)NC[C@H](C)N2C[C@@H](C)O[C@@H](C)C2)cn1. The molecule has 1 aliphatic rings. The number of hydrogen-bond donors (Lipinski definition) is 2. The predicted octanol–water partition coefficient (Wildman–Crippen LogP) is 1.15. The largest absolute Gasteiger partial charge is 0.383 e. The van der Waals surface area contributed by atoms with Crippen LogP contribution in [0.3, 0.4) is 0 Å². The minimum atomic E-state index is -0.220. The van der Waals surface area contributed by atoms with Gasteiger partial charge in [0.2, 0.25) is 0 Å². The predicted molar refractivity (Wildman–Crippen MR) is 92.2 cm³/mol. The second-order valence-corrected chi connectivity index (χ2v) is 6.38. The molecule has 0 aliphatic carbocycles. The number of rotatable bonds is 7. The number of carbonyl (C=O) groups excluding carboxylic acids is 1. The van der Waals surface area contributed by atoms with Crippen molar-refractivity contribution in [2.45, 2.75) is 45.6 Å². The van der Waals surface area contributed by atoms with E-state index in [1.807, 2.05) is 0 Å². The van der Waals surface area contributed by atoms with Crippen LogP contribution < -0.4 is 10.6 Å². The molecule has 0 bridgehead atoms. The van der Waals surface area contributed by atoms with E-state index in [4.69, 9.17) is 9.47 Å². The van der Waals surface area contributed by atoms with Crippen molar-refractivity contribution in [3.8, 4) is 0 Å². The van der Waals surface area contributed by atoms with Crippen LogP contribution in [0, 0.1) is 0 Å². The van der Waals surface area contributed by atoms with Crippen LogP contribution in [0.5, 0.6) is 0 Å². The van der Waals surface area contributed by atoms with Gasteiger partial charge in [0, 0.05) is 39.0 Å². The molecular formula is C16H29N5O3. The monoisotopic (exact) mass is 339 g/mol. The first-order valence-electron chi connectivity index (χ1n) is 8.43. The zero-order valence-corrected chi connectivity index (χ0v) is 15.0. The van der Waals surface area contributed by atoms with Gasteiger partial charge in [-0.15, -0.1) is 0 Å². The number of anilines is 1. The van der Waals surface area contributed by atoms with E-state index in [2.05, 4.69) is 41.4 Å². The Morgan fingerprint density at radius 3 is 2.83 bits per heavy atom. The molecule has 0 unspecified atom stereocenters. The third kappa shape index (κ3) is 5.77. The quantitative estimate of drug-likeness (QED) is 0.779. The van der Waals surface area contributed by atoms with Crippen LogP contribution in [-0.2, 0) is 16.0 Å². The van der Waals surface area contributed by atoms with Crippen molar-refractivity contribution in [3.05, 3.63) is 12.4 Å². The molecule has 3 atom stereocenters. The number of aromatic nitrogens is 2. The summed E-state index contributed by atoms with van der Waals surface area (Å²) in [6.07, 6.45) is 3.86. The molecule has 0 radical (unpaired) electrons. The number of methoxy groups -OCH3 is 1. The lowest BCUT2D eigenvalue weighted by molar-refractivity contribution is -0.0777. The fraction of sp³-hybridized carbons (Fsp3) is 0.750. The Labute approximate surface area is 143 Å². The van der Waals surface area contributed by atoms with Gasteiger partial charge in [-0.05, 0) is 20.8 Å². The van der Waals surface area contributed by atoms with Crippen molar-refractivity contribution in [3.63, 3.8) is 0 Å². The number of amides is 2. The molecule has 0 spiro atoms. The van der Waals surface area contributed by atoms with Crippen LogP contribution in [0.2, 0.25) is 0 Å². The Balaban J connectivity index is 1.73. The Kier molecular flexibility index (Phi) is 7.01. The Morgan fingerprint density at radius 1 is 1.46 bits per heavy atom. The van der Waals surface area contributed by atoms with Gasteiger partial charge in [0.1, 0.15) is 0 Å². The van der Waals surface area contributed by atoms with E-state index in [1.54, 1.807) is 24.2 Å².